The molecule has 126 valence electrons. The maximum atomic E-state index is 12.2. The van der Waals surface area contributed by atoms with Crippen LogP contribution >= 0.6 is 0 Å². The van der Waals surface area contributed by atoms with Crippen LogP contribution in [0.2, 0.25) is 0 Å². The molecule has 0 aliphatic heterocycles. The van der Waals surface area contributed by atoms with Crippen LogP contribution < -0.4 is 16.4 Å². The molecule has 4 N–H and O–H groups in total. The van der Waals surface area contributed by atoms with E-state index in [0.29, 0.717) is 12.1 Å². The van der Waals surface area contributed by atoms with E-state index in [4.69, 9.17) is 10.5 Å². The molecule has 0 aliphatic carbocycles. The van der Waals surface area contributed by atoms with Crippen LogP contribution in [-0.2, 0) is 16.1 Å². The molecule has 0 aromatic heterocycles. The van der Waals surface area contributed by atoms with Gasteiger partial charge in [0.2, 0.25) is 5.91 Å². The SMILES string of the molecule is C=CCC(NC(=O)OC(C)(C)C)C(=O)NCc1ccccc1N. The third-order valence-electron chi connectivity index (χ3n) is 2.92. The van der Waals surface area contributed by atoms with Gasteiger partial charge in [0.1, 0.15) is 11.6 Å². The van der Waals surface area contributed by atoms with Gasteiger partial charge in [0.15, 0.2) is 0 Å². The molecule has 0 bridgehead atoms. The number of hydrogen-bond donors (Lipinski definition) is 3. The van der Waals surface area contributed by atoms with E-state index in [2.05, 4.69) is 17.2 Å². The van der Waals surface area contributed by atoms with Crippen LogP contribution in [0.1, 0.15) is 32.8 Å². The highest BCUT2D eigenvalue weighted by Crippen LogP contribution is 2.10. The van der Waals surface area contributed by atoms with Gasteiger partial charge < -0.3 is 21.1 Å². The smallest absolute Gasteiger partial charge is 0.408 e. The standard InChI is InChI=1S/C17H25N3O3/c1-5-8-14(20-16(22)23-17(2,3)4)15(21)19-11-12-9-6-7-10-13(12)18/h5-7,9-10,14H,1,8,11,18H2,2-4H3,(H,19,21)(H,20,22). The average molecular weight is 319 g/mol. The van der Waals surface area contributed by atoms with E-state index in [9.17, 15) is 9.59 Å². The minimum Gasteiger partial charge on any atom is -0.444 e. The first kappa shape index (κ1) is 18.5. The highest BCUT2D eigenvalue weighted by atomic mass is 16.6. The molecule has 23 heavy (non-hydrogen) atoms. The number of anilines is 1. The van der Waals surface area contributed by atoms with E-state index in [-0.39, 0.29) is 12.5 Å². The van der Waals surface area contributed by atoms with E-state index in [1.165, 1.54) is 0 Å². The van der Waals surface area contributed by atoms with Crippen molar-refractivity contribution in [1.82, 2.24) is 10.6 Å². The van der Waals surface area contributed by atoms with Crippen molar-refractivity contribution in [2.75, 3.05) is 5.73 Å². The van der Waals surface area contributed by atoms with Gasteiger partial charge in [-0.15, -0.1) is 6.58 Å². The molecule has 1 aromatic carbocycles. The predicted molar refractivity (Wildman–Crippen MR) is 90.7 cm³/mol. The van der Waals surface area contributed by atoms with Crippen molar-refractivity contribution in [2.45, 2.75) is 45.4 Å². The number of benzene rings is 1. The van der Waals surface area contributed by atoms with Gasteiger partial charge in [-0.1, -0.05) is 24.3 Å². The van der Waals surface area contributed by atoms with Crippen LogP contribution in [0, 0.1) is 0 Å². The number of hydrogen-bond acceptors (Lipinski definition) is 4. The van der Waals surface area contributed by atoms with E-state index >= 15 is 0 Å². The summed E-state index contributed by atoms with van der Waals surface area (Å²) in [4.78, 5) is 24.1. The topological polar surface area (TPSA) is 93.4 Å². The molecule has 1 rings (SSSR count). The summed E-state index contributed by atoms with van der Waals surface area (Å²) >= 11 is 0. The van der Waals surface area contributed by atoms with E-state index < -0.39 is 17.7 Å². The van der Waals surface area contributed by atoms with Crippen molar-refractivity contribution >= 4 is 17.7 Å². The molecule has 2 amide bonds. The number of nitrogens with one attached hydrogen (secondary N) is 2. The number of nitrogen functional groups attached to an aromatic ring is 1. The van der Waals surface area contributed by atoms with Crippen molar-refractivity contribution in [3.05, 3.63) is 42.5 Å². The molecule has 0 fully saturated rings. The van der Waals surface area contributed by atoms with E-state index in [0.717, 1.165) is 5.56 Å². The Morgan fingerprint density at radius 3 is 2.57 bits per heavy atom. The normalized spacial score (nSPS) is 12.1. The molecular weight excluding hydrogens is 294 g/mol. The first-order valence-electron chi connectivity index (χ1n) is 7.44. The van der Waals surface area contributed by atoms with Crippen molar-refractivity contribution in [3.63, 3.8) is 0 Å². The molecule has 1 unspecified atom stereocenters. The van der Waals surface area contributed by atoms with E-state index in [1.54, 1.807) is 32.9 Å². The fourth-order valence-electron chi connectivity index (χ4n) is 1.85. The molecule has 0 radical (unpaired) electrons. The van der Waals surface area contributed by atoms with Gasteiger partial charge in [0.25, 0.3) is 0 Å². The molecule has 6 nitrogen and oxygen atoms in total. The Labute approximate surface area is 137 Å². The van der Waals surface area contributed by atoms with Crippen molar-refractivity contribution in [2.24, 2.45) is 0 Å². The maximum Gasteiger partial charge on any atom is 0.408 e. The summed E-state index contributed by atoms with van der Waals surface area (Å²) in [6.45, 7) is 9.16. The number of nitrogens with two attached hydrogens (primary N) is 1. The summed E-state index contributed by atoms with van der Waals surface area (Å²) in [6.07, 6.45) is 1.23. The molecule has 0 aliphatic rings. The zero-order chi connectivity index (χ0) is 17.5. The van der Waals surface area contributed by atoms with Gasteiger partial charge >= 0.3 is 6.09 Å². The maximum absolute atomic E-state index is 12.2. The minimum absolute atomic E-state index is 0.287. The highest BCUT2D eigenvalue weighted by molar-refractivity contribution is 5.85. The highest BCUT2D eigenvalue weighted by Gasteiger charge is 2.23. The quantitative estimate of drug-likeness (QED) is 0.554. The monoisotopic (exact) mass is 319 g/mol. The van der Waals surface area contributed by atoms with Gasteiger partial charge in [-0.25, -0.2) is 4.79 Å². The average Bonchev–Trinajstić information content (AvgIpc) is 2.43. The summed E-state index contributed by atoms with van der Waals surface area (Å²) in [6, 6.07) is 6.52. The van der Waals surface area contributed by atoms with Crippen LogP contribution in [0.4, 0.5) is 10.5 Å². The van der Waals surface area contributed by atoms with Crippen LogP contribution in [0.3, 0.4) is 0 Å². The fourth-order valence-corrected chi connectivity index (χ4v) is 1.85. The summed E-state index contributed by atoms with van der Waals surface area (Å²) in [5.74, 6) is -0.320. The second kappa shape index (κ2) is 8.22. The summed E-state index contributed by atoms with van der Waals surface area (Å²) in [7, 11) is 0. The van der Waals surface area contributed by atoms with Gasteiger partial charge in [0.05, 0.1) is 0 Å². The number of carbonyl (C=O) groups excluding carboxylic acids is 2. The van der Waals surface area contributed by atoms with Crippen LogP contribution in [-0.4, -0.2) is 23.6 Å². The van der Waals surface area contributed by atoms with Gasteiger partial charge in [0, 0.05) is 12.2 Å². The largest absolute Gasteiger partial charge is 0.444 e. The first-order valence-corrected chi connectivity index (χ1v) is 7.44. The number of ether oxygens (including phenoxy) is 1. The molecular formula is C17H25N3O3. The molecule has 1 aromatic rings. The van der Waals surface area contributed by atoms with Crippen LogP contribution in [0.5, 0.6) is 0 Å². The van der Waals surface area contributed by atoms with E-state index in [1.807, 2.05) is 18.2 Å². The number of para-hydroxylation sites is 1. The molecule has 1 atom stereocenters. The Bertz CT molecular complexity index is 564. The molecule has 0 saturated heterocycles. The zero-order valence-corrected chi connectivity index (χ0v) is 13.9. The fraction of sp³-hybridized carbons (Fsp3) is 0.412. The number of rotatable bonds is 6. The second-order valence-electron chi connectivity index (χ2n) is 6.14. The Kier molecular flexibility index (Phi) is 6.63. The van der Waals surface area contributed by atoms with Crippen molar-refractivity contribution in [3.8, 4) is 0 Å². The Balaban J connectivity index is 2.62. The summed E-state index contributed by atoms with van der Waals surface area (Å²) in [5.41, 5.74) is 6.63. The Hall–Kier alpha value is -2.50. The Morgan fingerprint density at radius 2 is 2.00 bits per heavy atom. The summed E-state index contributed by atoms with van der Waals surface area (Å²) in [5, 5.41) is 5.31. The lowest BCUT2D eigenvalue weighted by Crippen LogP contribution is -2.47. The number of alkyl carbamates (subject to hydrolysis) is 1. The van der Waals surface area contributed by atoms with Crippen molar-refractivity contribution < 1.29 is 14.3 Å². The predicted octanol–water partition coefficient (Wildman–Crippen LogP) is 2.35. The van der Waals surface area contributed by atoms with Gasteiger partial charge in [-0.3, -0.25) is 4.79 Å². The third-order valence-corrected chi connectivity index (χ3v) is 2.92. The first-order chi connectivity index (χ1) is 10.7. The lowest BCUT2D eigenvalue weighted by Gasteiger charge is -2.23. The molecule has 0 spiro atoms. The minimum atomic E-state index is -0.743. The lowest BCUT2D eigenvalue weighted by atomic mass is 10.1. The number of amides is 2. The Morgan fingerprint density at radius 1 is 1.35 bits per heavy atom. The number of carbonyl (C=O) groups is 2. The second-order valence-corrected chi connectivity index (χ2v) is 6.14. The molecule has 0 heterocycles. The van der Waals surface area contributed by atoms with Crippen LogP contribution in [0.25, 0.3) is 0 Å². The third kappa shape index (κ3) is 6.86. The summed E-state index contributed by atoms with van der Waals surface area (Å²) < 4.78 is 5.16. The lowest BCUT2D eigenvalue weighted by molar-refractivity contribution is -0.123. The molecule has 0 saturated carbocycles. The van der Waals surface area contributed by atoms with Gasteiger partial charge in [-0.2, -0.15) is 0 Å². The zero-order valence-electron chi connectivity index (χ0n) is 13.9. The van der Waals surface area contributed by atoms with Gasteiger partial charge in [-0.05, 0) is 38.8 Å². The van der Waals surface area contributed by atoms with Crippen molar-refractivity contribution in [1.29, 1.82) is 0 Å². The van der Waals surface area contributed by atoms with Crippen LogP contribution in [0.15, 0.2) is 36.9 Å². The molecule has 6 heteroatoms.